The van der Waals surface area contributed by atoms with E-state index in [1.807, 2.05) is 6.92 Å². The second kappa shape index (κ2) is 5.67. The van der Waals surface area contributed by atoms with Crippen LogP contribution in [0.1, 0.15) is 26.2 Å². The Balaban J connectivity index is 1.84. The molecule has 0 spiro atoms. The Bertz CT molecular complexity index is 334. The van der Waals surface area contributed by atoms with E-state index in [-0.39, 0.29) is 17.7 Å². The molecule has 3 atom stereocenters. The van der Waals surface area contributed by atoms with Crippen molar-refractivity contribution < 1.29 is 9.59 Å². The van der Waals surface area contributed by atoms with Crippen LogP contribution in [0.25, 0.3) is 0 Å². The van der Waals surface area contributed by atoms with Crippen molar-refractivity contribution in [2.75, 3.05) is 19.6 Å². The van der Waals surface area contributed by atoms with E-state index >= 15 is 0 Å². The minimum absolute atomic E-state index is 0.0928. The van der Waals surface area contributed by atoms with Crippen LogP contribution in [0, 0.1) is 11.8 Å². The van der Waals surface area contributed by atoms with Gasteiger partial charge in [-0.2, -0.15) is 0 Å². The summed E-state index contributed by atoms with van der Waals surface area (Å²) in [4.78, 5) is 25.0. The summed E-state index contributed by atoms with van der Waals surface area (Å²) >= 11 is 0. The van der Waals surface area contributed by atoms with Gasteiger partial charge in [-0.25, -0.2) is 5.84 Å². The lowest BCUT2D eigenvalue weighted by molar-refractivity contribution is -0.125. The molecule has 0 aromatic rings. The Morgan fingerprint density at radius 1 is 1.61 bits per heavy atom. The van der Waals surface area contributed by atoms with Crippen LogP contribution in [-0.2, 0) is 9.59 Å². The molecule has 4 N–H and O–H groups in total. The fourth-order valence-corrected chi connectivity index (χ4v) is 2.96. The van der Waals surface area contributed by atoms with Crippen molar-refractivity contribution >= 4 is 11.8 Å². The fraction of sp³-hybridized carbons (Fsp3) is 0.833. The standard InChI is InChI=1S/C12H22N4O2/c1-8(12(18)15-13)6-16-5-4-10-9(7-16)2-3-11(17)14-10/h8-10H,2-7,13H2,1H3,(H,14,17)(H,15,18). The average Bonchev–Trinajstić information content (AvgIpc) is 2.38. The van der Waals surface area contributed by atoms with E-state index in [0.29, 0.717) is 18.4 Å². The maximum Gasteiger partial charge on any atom is 0.237 e. The fourth-order valence-electron chi connectivity index (χ4n) is 2.96. The highest BCUT2D eigenvalue weighted by molar-refractivity contribution is 5.78. The first kappa shape index (κ1) is 13.3. The number of carbonyl (C=O) groups excluding carboxylic acids is 2. The highest BCUT2D eigenvalue weighted by atomic mass is 16.2. The van der Waals surface area contributed by atoms with Gasteiger partial charge in [0.2, 0.25) is 11.8 Å². The van der Waals surface area contributed by atoms with E-state index in [9.17, 15) is 9.59 Å². The van der Waals surface area contributed by atoms with Gasteiger partial charge in [-0.3, -0.25) is 15.0 Å². The van der Waals surface area contributed by atoms with E-state index in [1.165, 1.54) is 0 Å². The molecule has 2 heterocycles. The quantitative estimate of drug-likeness (QED) is 0.350. The van der Waals surface area contributed by atoms with E-state index < -0.39 is 0 Å². The number of amides is 2. The Hall–Kier alpha value is -1.14. The number of hydrazine groups is 1. The van der Waals surface area contributed by atoms with Gasteiger partial charge in [0.1, 0.15) is 0 Å². The molecule has 2 saturated heterocycles. The molecule has 6 nitrogen and oxygen atoms in total. The third-order valence-corrected chi connectivity index (χ3v) is 4.03. The van der Waals surface area contributed by atoms with Gasteiger partial charge in [0.15, 0.2) is 0 Å². The van der Waals surface area contributed by atoms with Crippen LogP contribution in [0.2, 0.25) is 0 Å². The number of nitrogens with one attached hydrogen (secondary N) is 2. The van der Waals surface area contributed by atoms with Crippen LogP contribution in [-0.4, -0.2) is 42.4 Å². The van der Waals surface area contributed by atoms with Gasteiger partial charge in [0.05, 0.1) is 0 Å². The molecule has 0 aromatic carbocycles. The summed E-state index contributed by atoms with van der Waals surface area (Å²) in [5.74, 6) is 5.64. The Morgan fingerprint density at radius 2 is 2.39 bits per heavy atom. The molecular weight excluding hydrogens is 232 g/mol. The van der Waals surface area contributed by atoms with Crippen LogP contribution >= 0.6 is 0 Å². The zero-order valence-electron chi connectivity index (χ0n) is 10.8. The first-order valence-electron chi connectivity index (χ1n) is 6.62. The number of hydrogen-bond donors (Lipinski definition) is 3. The average molecular weight is 254 g/mol. The van der Waals surface area contributed by atoms with Crippen molar-refractivity contribution in [1.29, 1.82) is 0 Å². The smallest absolute Gasteiger partial charge is 0.237 e. The minimum atomic E-state index is -0.117. The molecule has 0 aromatic heterocycles. The number of piperidine rings is 2. The van der Waals surface area contributed by atoms with Crippen molar-refractivity contribution in [2.45, 2.75) is 32.2 Å². The highest BCUT2D eigenvalue weighted by Gasteiger charge is 2.34. The summed E-state index contributed by atoms with van der Waals surface area (Å²) in [6.45, 7) is 4.52. The van der Waals surface area contributed by atoms with Crippen LogP contribution in [0.4, 0.5) is 0 Å². The van der Waals surface area contributed by atoms with Gasteiger partial charge in [0, 0.05) is 38.0 Å². The van der Waals surface area contributed by atoms with Crippen molar-refractivity contribution in [2.24, 2.45) is 17.7 Å². The van der Waals surface area contributed by atoms with Crippen LogP contribution in [0.15, 0.2) is 0 Å². The highest BCUT2D eigenvalue weighted by Crippen LogP contribution is 2.25. The van der Waals surface area contributed by atoms with Gasteiger partial charge in [0.25, 0.3) is 0 Å². The Morgan fingerprint density at radius 3 is 3.11 bits per heavy atom. The van der Waals surface area contributed by atoms with Gasteiger partial charge in [-0.05, 0) is 18.8 Å². The first-order valence-corrected chi connectivity index (χ1v) is 6.62. The maximum absolute atomic E-state index is 11.4. The predicted molar refractivity (Wildman–Crippen MR) is 67.2 cm³/mol. The molecule has 2 rings (SSSR count). The third kappa shape index (κ3) is 3.00. The zero-order valence-corrected chi connectivity index (χ0v) is 10.8. The summed E-state index contributed by atoms with van der Waals surface area (Å²) < 4.78 is 0. The summed E-state index contributed by atoms with van der Waals surface area (Å²) in [7, 11) is 0. The second-order valence-corrected chi connectivity index (χ2v) is 5.43. The lowest BCUT2D eigenvalue weighted by Crippen LogP contribution is -2.55. The van der Waals surface area contributed by atoms with Crippen LogP contribution in [0.3, 0.4) is 0 Å². The number of fused-ring (bicyclic) bond motifs is 1. The van der Waals surface area contributed by atoms with Crippen LogP contribution < -0.4 is 16.6 Å². The molecule has 2 fully saturated rings. The molecule has 18 heavy (non-hydrogen) atoms. The monoisotopic (exact) mass is 254 g/mol. The molecule has 0 bridgehead atoms. The molecule has 0 saturated carbocycles. The molecule has 0 aliphatic carbocycles. The van der Waals surface area contributed by atoms with E-state index in [0.717, 1.165) is 32.5 Å². The lowest BCUT2D eigenvalue weighted by Gasteiger charge is -2.42. The molecular formula is C12H22N4O2. The number of carbonyl (C=O) groups is 2. The Kier molecular flexibility index (Phi) is 4.19. The van der Waals surface area contributed by atoms with Gasteiger partial charge in [-0.15, -0.1) is 0 Å². The Labute approximate surface area is 107 Å². The van der Waals surface area contributed by atoms with Gasteiger partial charge >= 0.3 is 0 Å². The third-order valence-electron chi connectivity index (χ3n) is 4.03. The topological polar surface area (TPSA) is 87.5 Å². The minimum Gasteiger partial charge on any atom is -0.353 e. The number of nitrogens with two attached hydrogens (primary N) is 1. The number of nitrogens with zero attached hydrogens (tertiary/aromatic N) is 1. The van der Waals surface area contributed by atoms with Crippen molar-refractivity contribution in [1.82, 2.24) is 15.6 Å². The summed E-state index contributed by atoms with van der Waals surface area (Å²) in [6.07, 6.45) is 2.58. The lowest BCUT2D eigenvalue weighted by atomic mass is 9.85. The van der Waals surface area contributed by atoms with E-state index in [4.69, 9.17) is 5.84 Å². The van der Waals surface area contributed by atoms with Gasteiger partial charge < -0.3 is 10.2 Å². The number of likely N-dealkylation sites (tertiary alicyclic amines) is 1. The molecule has 102 valence electrons. The van der Waals surface area contributed by atoms with Crippen molar-refractivity contribution in [3.63, 3.8) is 0 Å². The predicted octanol–water partition coefficient (Wildman–Crippen LogP) is -0.787. The van der Waals surface area contributed by atoms with Crippen molar-refractivity contribution in [3.8, 4) is 0 Å². The molecule has 2 aliphatic rings. The molecule has 3 unspecified atom stereocenters. The normalized spacial score (nSPS) is 30.2. The SMILES string of the molecule is CC(CN1CCC2NC(=O)CCC2C1)C(=O)NN. The summed E-state index contributed by atoms with van der Waals surface area (Å²) in [6, 6.07) is 0.334. The van der Waals surface area contributed by atoms with E-state index in [2.05, 4.69) is 15.6 Å². The molecule has 2 amide bonds. The molecule has 6 heteroatoms. The first-order chi connectivity index (χ1) is 8.60. The summed E-state index contributed by atoms with van der Waals surface area (Å²) in [5, 5.41) is 3.06. The zero-order chi connectivity index (χ0) is 13.1. The maximum atomic E-state index is 11.4. The van der Waals surface area contributed by atoms with Crippen molar-refractivity contribution in [3.05, 3.63) is 0 Å². The second-order valence-electron chi connectivity index (χ2n) is 5.43. The summed E-state index contributed by atoms with van der Waals surface area (Å²) in [5.41, 5.74) is 2.19. The number of rotatable bonds is 3. The largest absolute Gasteiger partial charge is 0.353 e. The molecule has 0 radical (unpaired) electrons. The van der Waals surface area contributed by atoms with Crippen LogP contribution in [0.5, 0.6) is 0 Å². The number of hydrogen-bond acceptors (Lipinski definition) is 4. The molecule has 2 aliphatic heterocycles. The van der Waals surface area contributed by atoms with Gasteiger partial charge in [-0.1, -0.05) is 6.92 Å². The van der Waals surface area contributed by atoms with E-state index in [1.54, 1.807) is 0 Å².